The van der Waals surface area contributed by atoms with Crippen LogP contribution in [-0.4, -0.2) is 35.1 Å². The molecule has 0 amide bonds. The van der Waals surface area contributed by atoms with E-state index >= 15 is 0 Å². The van der Waals surface area contributed by atoms with Gasteiger partial charge in [-0.3, -0.25) is 19.2 Å². The van der Waals surface area contributed by atoms with E-state index in [9.17, 15) is 28.8 Å². The van der Waals surface area contributed by atoms with Gasteiger partial charge in [0.2, 0.25) is 0 Å². The van der Waals surface area contributed by atoms with Crippen molar-refractivity contribution in [2.75, 3.05) is 22.9 Å². The number of benzene rings is 4. The van der Waals surface area contributed by atoms with E-state index in [0.717, 1.165) is 12.1 Å². The van der Waals surface area contributed by atoms with E-state index in [1.165, 1.54) is 24.3 Å². The van der Waals surface area contributed by atoms with Crippen molar-refractivity contribution in [3.63, 3.8) is 0 Å². The molecule has 0 bridgehead atoms. The summed E-state index contributed by atoms with van der Waals surface area (Å²) in [4.78, 5) is 78.8. The van der Waals surface area contributed by atoms with Gasteiger partial charge in [-0.2, -0.15) is 0 Å². The highest BCUT2D eigenvalue weighted by Crippen LogP contribution is 2.38. The van der Waals surface area contributed by atoms with Gasteiger partial charge in [0, 0.05) is 33.6 Å². The zero-order chi connectivity index (χ0) is 29.3. The molecule has 4 aromatic carbocycles. The molecule has 200 valence electrons. The third-order valence-electron chi connectivity index (χ3n) is 7.16. The monoisotopic (exact) mass is 546 g/mol. The van der Waals surface area contributed by atoms with Crippen molar-refractivity contribution in [1.82, 2.24) is 0 Å². The highest BCUT2D eigenvalue weighted by atomic mass is 16.6. The van der Waals surface area contributed by atoms with Crippen LogP contribution < -0.4 is 22.9 Å². The van der Waals surface area contributed by atoms with Crippen molar-refractivity contribution in [2.24, 2.45) is 0 Å². The number of ketones is 4. The Balaban J connectivity index is 1.38. The fraction of sp³-hybridized carbons (Fsp3) is 0. The fourth-order valence-corrected chi connectivity index (χ4v) is 5.23. The Bertz CT molecular complexity index is 1840. The molecule has 41 heavy (non-hydrogen) atoms. The molecule has 0 aromatic heterocycles. The number of carbonyl (C=O) groups is 6. The van der Waals surface area contributed by atoms with Gasteiger partial charge in [-0.25, -0.2) is 9.59 Å². The first kappa shape index (κ1) is 25.2. The minimum atomic E-state index is -1.30. The molecule has 2 aliphatic carbocycles. The Kier molecular flexibility index (Phi) is 5.35. The van der Waals surface area contributed by atoms with Gasteiger partial charge in [0.05, 0.1) is 44.8 Å². The minimum absolute atomic E-state index is 0.0794. The van der Waals surface area contributed by atoms with Gasteiger partial charge >= 0.3 is 11.9 Å². The number of carbonyl (C=O) groups excluding carboxylic acids is 6. The molecule has 4 aromatic rings. The number of esters is 2. The zero-order valence-corrected chi connectivity index (χ0v) is 20.9. The van der Waals surface area contributed by atoms with E-state index in [0.29, 0.717) is 0 Å². The van der Waals surface area contributed by atoms with Crippen LogP contribution in [0.25, 0.3) is 0 Å². The second-order valence-electron chi connectivity index (χ2n) is 9.44. The molecule has 0 spiro atoms. The molecular formula is C30H18N4O7. The Morgan fingerprint density at radius 2 is 0.780 bits per heavy atom. The first-order valence-corrected chi connectivity index (χ1v) is 12.1. The topological polar surface area (TPSA) is 216 Å². The SMILES string of the molecule is Nc1cc(C(=O)OC(=O)c2cc(N)c3c(c2N)C(=O)c2ccccc2C3=O)c(N)c2c1C(=O)c1ccccc1C2=O. The molecule has 2 aliphatic rings. The number of anilines is 4. The lowest BCUT2D eigenvalue weighted by molar-refractivity contribution is 0.0398. The Morgan fingerprint density at radius 1 is 0.488 bits per heavy atom. The van der Waals surface area contributed by atoms with Crippen molar-refractivity contribution < 1.29 is 33.5 Å². The van der Waals surface area contributed by atoms with E-state index in [2.05, 4.69) is 0 Å². The summed E-state index contributed by atoms with van der Waals surface area (Å²) in [5.74, 6) is -4.96. The number of ether oxygens (including phenoxy) is 1. The first-order valence-electron chi connectivity index (χ1n) is 12.1. The van der Waals surface area contributed by atoms with Crippen molar-refractivity contribution in [3.8, 4) is 0 Å². The summed E-state index contributed by atoms with van der Waals surface area (Å²) >= 11 is 0. The van der Waals surface area contributed by atoms with Crippen LogP contribution in [0.2, 0.25) is 0 Å². The zero-order valence-electron chi connectivity index (χ0n) is 20.9. The number of rotatable bonds is 2. The molecule has 0 heterocycles. The number of hydrogen-bond donors (Lipinski definition) is 4. The Morgan fingerprint density at radius 3 is 1.10 bits per heavy atom. The van der Waals surface area contributed by atoms with Crippen molar-refractivity contribution in [1.29, 1.82) is 0 Å². The van der Waals surface area contributed by atoms with E-state index in [1.807, 2.05) is 0 Å². The second-order valence-corrected chi connectivity index (χ2v) is 9.44. The van der Waals surface area contributed by atoms with Crippen molar-refractivity contribution >= 4 is 57.8 Å². The van der Waals surface area contributed by atoms with Gasteiger partial charge in [-0.1, -0.05) is 48.5 Å². The third kappa shape index (κ3) is 3.46. The summed E-state index contributed by atoms with van der Waals surface area (Å²) in [5, 5.41) is 0. The molecule has 0 atom stereocenters. The molecule has 0 fully saturated rings. The molecule has 8 N–H and O–H groups in total. The highest BCUT2D eigenvalue weighted by molar-refractivity contribution is 6.34. The van der Waals surface area contributed by atoms with Gasteiger partial charge in [0.25, 0.3) is 0 Å². The third-order valence-corrected chi connectivity index (χ3v) is 7.16. The lowest BCUT2D eigenvalue weighted by atomic mass is 9.81. The van der Waals surface area contributed by atoms with E-state index in [-0.39, 0.29) is 55.9 Å². The number of nitrogen functional groups attached to an aromatic ring is 4. The number of hydrogen-bond acceptors (Lipinski definition) is 11. The molecule has 0 saturated heterocycles. The largest absolute Gasteiger partial charge is 0.398 e. The predicted molar refractivity (Wildman–Crippen MR) is 147 cm³/mol. The average Bonchev–Trinajstić information content (AvgIpc) is 2.96. The van der Waals surface area contributed by atoms with E-state index < -0.39 is 57.6 Å². The van der Waals surface area contributed by atoms with E-state index in [1.54, 1.807) is 24.3 Å². The standard InChI is InChI=1S/C30H18N4O7/c31-17-9-15(23(33)21-19(17)25(35)11-5-1-3-7-13(11)27(21)37)29(39)41-30(40)16-10-18(32)20-22(24(16)34)28(38)14-8-4-2-6-12(14)26(20)36/h1-10H,31-34H2. The lowest BCUT2D eigenvalue weighted by Gasteiger charge is -2.22. The maximum absolute atomic E-state index is 13.2. The van der Waals surface area contributed by atoms with Crippen LogP contribution in [0.4, 0.5) is 22.7 Å². The normalized spacial score (nSPS) is 13.2. The maximum Gasteiger partial charge on any atom is 0.348 e. The Hall–Kier alpha value is -6.10. The predicted octanol–water partition coefficient (Wildman–Crippen LogP) is 2.56. The summed E-state index contributed by atoms with van der Waals surface area (Å²) in [6.45, 7) is 0. The van der Waals surface area contributed by atoms with Crippen LogP contribution in [0, 0.1) is 0 Å². The quantitative estimate of drug-likeness (QED) is 0.141. The molecule has 11 nitrogen and oxygen atoms in total. The summed E-state index contributed by atoms with van der Waals surface area (Å²) in [6.07, 6.45) is 0. The second kappa shape index (κ2) is 8.71. The van der Waals surface area contributed by atoms with E-state index in [4.69, 9.17) is 27.7 Å². The minimum Gasteiger partial charge on any atom is -0.398 e. The smallest absolute Gasteiger partial charge is 0.348 e. The van der Waals surface area contributed by atoms with Gasteiger partial charge < -0.3 is 27.7 Å². The number of nitrogens with two attached hydrogens (primary N) is 4. The van der Waals surface area contributed by atoms with Crippen LogP contribution in [0.3, 0.4) is 0 Å². The molecule has 0 aliphatic heterocycles. The summed E-state index contributed by atoms with van der Waals surface area (Å²) < 4.78 is 5.00. The van der Waals surface area contributed by atoms with Gasteiger partial charge in [-0.05, 0) is 12.1 Å². The summed E-state index contributed by atoms with van der Waals surface area (Å²) in [6, 6.07) is 14.2. The number of fused-ring (bicyclic) bond motifs is 4. The van der Waals surface area contributed by atoms with Gasteiger partial charge in [0.15, 0.2) is 23.1 Å². The van der Waals surface area contributed by atoms with Crippen molar-refractivity contribution in [2.45, 2.75) is 0 Å². The van der Waals surface area contributed by atoms with Crippen LogP contribution in [0.1, 0.15) is 84.4 Å². The average molecular weight is 546 g/mol. The van der Waals surface area contributed by atoms with Crippen LogP contribution in [-0.2, 0) is 4.74 Å². The van der Waals surface area contributed by atoms with Crippen LogP contribution >= 0.6 is 0 Å². The molecular weight excluding hydrogens is 528 g/mol. The first-order chi connectivity index (χ1) is 19.5. The Labute approximate surface area is 230 Å². The van der Waals surface area contributed by atoms with Crippen molar-refractivity contribution in [3.05, 3.63) is 116 Å². The summed E-state index contributed by atoms with van der Waals surface area (Å²) in [7, 11) is 0. The van der Waals surface area contributed by atoms with Gasteiger partial charge in [0.1, 0.15) is 0 Å². The highest BCUT2D eigenvalue weighted by Gasteiger charge is 2.37. The molecule has 0 saturated carbocycles. The molecule has 11 heteroatoms. The molecule has 0 unspecified atom stereocenters. The fourth-order valence-electron chi connectivity index (χ4n) is 5.23. The van der Waals surface area contributed by atoms with Crippen LogP contribution in [0.5, 0.6) is 0 Å². The summed E-state index contributed by atoms with van der Waals surface area (Å²) in [5.41, 5.74) is 21.8. The maximum atomic E-state index is 13.2. The molecule has 6 rings (SSSR count). The van der Waals surface area contributed by atoms with Gasteiger partial charge in [-0.15, -0.1) is 0 Å². The molecule has 0 radical (unpaired) electrons. The van der Waals surface area contributed by atoms with Crippen LogP contribution in [0.15, 0.2) is 60.7 Å². The lowest BCUT2D eigenvalue weighted by Crippen LogP contribution is -2.27.